The predicted molar refractivity (Wildman–Crippen MR) is 80.7 cm³/mol. The maximum Gasteiger partial charge on any atom is 0.298 e. The van der Waals surface area contributed by atoms with Crippen LogP contribution in [0.4, 0.5) is 6.01 Å². The second kappa shape index (κ2) is 5.42. The van der Waals surface area contributed by atoms with Gasteiger partial charge in [0.2, 0.25) is 0 Å². The average molecular weight is 299 g/mol. The number of ether oxygens (including phenoxy) is 1. The molecule has 1 aromatic carbocycles. The summed E-state index contributed by atoms with van der Waals surface area (Å²) in [5.74, 6) is 0. The van der Waals surface area contributed by atoms with E-state index in [-0.39, 0.29) is 6.10 Å². The predicted octanol–water partition coefficient (Wildman–Crippen LogP) is 1.63. The van der Waals surface area contributed by atoms with Crippen LogP contribution in [0.1, 0.15) is 5.56 Å². The number of morpholine rings is 1. The summed E-state index contributed by atoms with van der Waals surface area (Å²) in [7, 11) is 0. The molecule has 114 valence electrons. The molecule has 7 heteroatoms. The molecule has 2 aromatic heterocycles. The van der Waals surface area contributed by atoms with E-state index < -0.39 is 0 Å². The Morgan fingerprint density at radius 1 is 1.36 bits per heavy atom. The molecule has 0 aliphatic carbocycles. The Balaban J connectivity index is 1.53. The van der Waals surface area contributed by atoms with Crippen LogP contribution in [0.2, 0.25) is 0 Å². The third-order valence-corrected chi connectivity index (χ3v) is 3.80. The molecule has 0 unspecified atom stereocenters. The highest BCUT2D eigenvalue weighted by Crippen LogP contribution is 2.24. The Morgan fingerprint density at radius 3 is 3.18 bits per heavy atom. The molecule has 0 saturated carbocycles. The molecule has 1 saturated heterocycles. The van der Waals surface area contributed by atoms with E-state index in [2.05, 4.69) is 27.1 Å². The number of aryl methyl sites for hydroxylation is 1. The minimum absolute atomic E-state index is 0.0483. The zero-order valence-corrected chi connectivity index (χ0v) is 12.3. The Kier molecular flexibility index (Phi) is 3.27. The molecule has 1 atom stereocenters. The van der Waals surface area contributed by atoms with Gasteiger partial charge in [0.1, 0.15) is 5.52 Å². The standard InChI is InChI=1S/C15H17N5O2/c1-11-2-3-14-13(8-11)17-15(22-14)19-6-7-21-12(9-19)10-20-5-4-16-18-20/h2-5,8,12H,6-7,9-10H2,1H3/t12-/m0/s1. The van der Waals surface area contributed by atoms with Crippen LogP contribution in [-0.2, 0) is 11.3 Å². The van der Waals surface area contributed by atoms with Crippen LogP contribution >= 0.6 is 0 Å². The molecule has 3 heterocycles. The van der Waals surface area contributed by atoms with Gasteiger partial charge < -0.3 is 14.1 Å². The van der Waals surface area contributed by atoms with E-state index in [0.29, 0.717) is 19.2 Å². The molecule has 7 nitrogen and oxygen atoms in total. The van der Waals surface area contributed by atoms with Gasteiger partial charge in [-0.15, -0.1) is 5.10 Å². The van der Waals surface area contributed by atoms with Gasteiger partial charge in [-0.2, -0.15) is 4.98 Å². The van der Waals surface area contributed by atoms with Gasteiger partial charge in [0, 0.05) is 12.7 Å². The number of aromatic nitrogens is 4. The van der Waals surface area contributed by atoms with Crippen LogP contribution in [0.5, 0.6) is 0 Å². The molecule has 3 aromatic rings. The lowest BCUT2D eigenvalue weighted by Gasteiger charge is -2.31. The van der Waals surface area contributed by atoms with Crippen molar-refractivity contribution >= 4 is 17.1 Å². The zero-order chi connectivity index (χ0) is 14.9. The van der Waals surface area contributed by atoms with Crippen LogP contribution in [0, 0.1) is 6.92 Å². The Morgan fingerprint density at radius 2 is 2.32 bits per heavy atom. The third kappa shape index (κ3) is 2.55. The van der Waals surface area contributed by atoms with E-state index in [4.69, 9.17) is 9.15 Å². The molecule has 4 rings (SSSR count). The van der Waals surface area contributed by atoms with Crippen molar-refractivity contribution in [3.8, 4) is 0 Å². The first kappa shape index (κ1) is 13.3. The van der Waals surface area contributed by atoms with Crippen molar-refractivity contribution in [2.45, 2.75) is 19.6 Å². The van der Waals surface area contributed by atoms with Crippen LogP contribution < -0.4 is 4.90 Å². The van der Waals surface area contributed by atoms with E-state index in [1.165, 1.54) is 5.56 Å². The number of hydrogen-bond acceptors (Lipinski definition) is 6. The van der Waals surface area contributed by atoms with Gasteiger partial charge in [0.25, 0.3) is 6.01 Å². The van der Waals surface area contributed by atoms with E-state index in [1.807, 2.05) is 24.4 Å². The Hall–Kier alpha value is -2.41. The fourth-order valence-electron chi connectivity index (χ4n) is 2.70. The van der Waals surface area contributed by atoms with Gasteiger partial charge in [0.05, 0.1) is 32.0 Å². The maximum absolute atomic E-state index is 5.87. The first-order chi connectivity index (χ1) is 10.8. The summed E-state index contributed by atoms with van der Waals surface area (Å²) in [4.78, 5) is 6.72. The highest BCUT2D eigenvalue weighted by molar-refractivity contribution is 5.75. The SMILES string of the molecule is Cc1ccc2oc(N3CCO[C@H](Cn4ccnn4)C3)nc2c1. The summed E-state index contributed by atoms with van der Waals surface area (Å²) in [6.07, 6.45) is 3.56. The van der Waals surface area contributed by atoms with Crippen molar-refractivity contribution in [1.82, 2.24) is 20.0 Å². The fourth-order valence-corrected chi connectivity index (χ4v) is 2.70. The summed E-state index contributed by atoms with van der Waals surface area (Å²) >= 11 is 0. The van der Waals surface area contributed by atoms with Gasteiger partial charge in [-0.05, 0) is 24.6 Å². The Labute approximate surface area is 127 Å². The minimum Gasteiger partial charge on any atom is -0.423 e. The summed E-state index contributed by atoms with van der Waals surface area (Å²) in [5, 5.41) is 7.80. The molecule has 0 bridgehead atoms. The molecule has 0 radical (unpaired) electrons. The molecular formula is C15H17N5O2. The average Bonchev–Trinajstić information content (AvgIpc) is 3.16. The summed E-state index contributed by atoms with van der Waals surface area (Å²) < 4.78 is 13.4. The topological polar surface area (TPSA) is 69.2 Å². The second-order valence-electron chi connectivity index (χ2n) is 5.53. The fraction of sp³-hybridized carbons (Fsp3) is 0.400. The summed E-state index contributed by atoms with van der Waals surface area (Å²) in [6, 6.07) is 6.70. The second-order valence-corrected chi connectivity index (χ2v) is 5.53. The number of benzene rings is 1. The maximum atomic E-state index is 5.87. The smallest absolute Gasteiger partial charge is 0.298 e. The number of nitrogens with zero attached hydrogens (tertiary/aromatic N) is 5. The van der Waals surface area contributed by atoms with Crippen LogP contribution in [0.3, 0.4) is 0 Å². The normalized spacial score (nSPS) is 19.0. The van der Waals surface area contributed by atoms with Gasteiger partial charge >= 0.3 is 0 Å². The van der Waals surface area contributed by atoms with Crippen molar-refractivity contribution in [1.29, 1.82) is 0 Å². The van der Waals surface area contributed by atoms with Crippen LogP contribution in [0.25, 0.3) is 11.1 Å². The summed E-state index contributed by atoms with van der Waals surface area (Å²) in [6.45, 7) is 4.88. The largest absolute Gasteiger partial charge is 0.423 e. The molecule has 1 aliphatic rings. The van der Waals surface area contributed by atoms with E-state index >= 15 is 0 Å². The number of rotatable bonds is 3. The molecule has 0 spiro atoms. The Bertz CT molecular complexity index is 767. The lowest BCUT2D eigenvalue weighted by Crippen LogP contribution is -2.44. The lowest BCUT2D eigenvalue weighted by molar-refractivity contribution is 0.0256. The minimum atomic E-state index is 0.0483. The number of fused-ring (bicyclic) bond motifs is 1. The molecule has 22 heavy (non-hydrogen) atoms. The highest BCUT2D eigenvalue weighted by atomic mass is 16.5. The summed E-state index contributed by atoms with van der Waals surface area (Å²) in [5.41, 5.74) is 2.90. The van der Waals surface area contributed by atoms with E-state index in [9.17, 15) is 0 Å². The number of hydrogen-bond donors (Lipinski definition) is 0. The highest BCUT2D eigenvalue weighted by Gasteiger charge is 2.24. The molecule has 1 fully saturated rings. The number of anilines is 1. The quantitative estimate of drug-likeness (QED) is 0.732. The first-order valence-corrected chi connectivity index (χ1v) is 7.36. The third-order valence-electron chi connectivity index (χ3n) is 3.80. The van der Waals surface area contributed by atoms with Crippen LogP contribution in [0.15, 0.2) is 35.0 Å². The van der Waals surface area contributed by atoms with Crippen molar-refractivity contribution in [3.05, 3.63) is 36.2 Å². The molecule has 0 amide bonds. The van der Waals surface area contributed by atoms with Gasteiger partial charge in [-0.25, -0.2) is 4.68 Å². The van der Waals surface area contributed by atoms with Crippen molar-refractivity contribution in [3.63, 3.8) is 0 Å². The molecular weight excluding hydrogens is 282 g/mol. The van der Waals surface area contributed by atoms with Crippen molar-refractivity contribution in [2.24, 2.45) is 0 Å². The zero-order valence-electron chi connectivity index (χ0n) is 12.3. The van der Waals surface area contributed by atoms with Crippen molar-refractivity contribution < 1.29 is 9.15 Å². The molecule has 1 aliphatic heterocycles. The van der Waals surface area contributed by atoms with Crippen LogP contribution in [-0.4, -0.2) is 45.8 Å². The van der Waals surface area contributed by atoms with Gasteiger partial charge in [-0.3, -0.25) is 0 Å². The van der Waals surface area contributed by atoms with Gasteiger partial charge in [-0.1, -0.05) is 11.3 Å². The first-order valence-electron chi connectivity index (χ1n) is 7.36. The molecule has 0 N–H and O–H groups in total. The van der Waals surface area contributed by atoms with Gasteiger partial charge in [0.15, 0.2) is 5.58 Å². The number of oxazole rings is 1. The lowest BCUT2D eigenvalue weighted by atomic mass is 10.2. The van der Waals surface area contributed by atoms with E-state index in [1.54, 1.807) is 10.9 Å². The van der Waals surface area contributed by atoms with E-state index in [0.717, 1.165) is 24.2 Å². The monoisotopic (exact) mass is 299 g/mol. The van der Waals surface area contributed by atoms with Crippen molar-refractivity contribution in [2.75, 3.05) is 24.6 Å².